The molecule has 0 aliphatic carbocycles. The maximum Gasteiger partial charge on any atom is 0.261 e. The highest BCUT2D eigenvalue weighted by Crippen LogP contribution is 2.21. The number of halogens is 3. The highest BCUT2D eigenvalue weighted by molar-refractivity contribution is 8.13. The second-order valence-corrected chi connectivity index (χ2v) is 6.37. The van der Waals surface area contributed by atoms with Gasteiger partial charge in [0.2, 0.25) is 0 Å². The van der Waals surface area contributed by atoms with E-state index in [-0.39, 0.29) is 6.54 Å². The summed E-state index contributed by atoms with van der Waals surface area (Å²) in [5, 5.41) is 2.32. The molecule has 9 heteroatoms. The van der Waals surface area contributed by atoms with Crippen molar-refractivity contribution in [3.63, 3.8) is 0 Å². The second kappa shape index (κ2) is 6.96. The summed E-state index contributed by atoms with van der Waals surface area (Å²) in [6.07, 6.45) is 0.472. The first kappa shape index (κ1) is 16.8. The van der Waals surface area contributed by atoms with Crippen LogP contribution in [0, 0.1) is 11.6 Å². The molecule has 0 heterocycles. The Kier molecular flexibility index (Phi) is 5.85. The topological polar surface area (TPSA) is 72.5 Å². The summed E-state index contributed by atoms with van der Waals surface area (Å²) >= 11 is 0. The largest absolute Gasteiger partial charge is 0.385 e. The monoisotopic (exact) mass is 327 g/mol. The zero-order chi connectivity index (χ0) is 15.3. The Morgan fingerprint density at radius 1 is 1.40 bits per heavy atom. The molecule has 1 aromatic rings. The fourth-order valence-electron chi connectivity index (χ4n) is 1.38. The predicted octanol–water partition coefficient (Wildman–Crippen LogP) is 1.66. The van der Waals surface area contributed by atoms with Crippen molar-refractivity contribution in [3.8, 4) is 0 Å². The molecule has 1 rings (SSSR count). The van der Waals surface area contributed by atoms with E-state index in [9.17, 15) is 22.0 Å². The van der Waals surface area contributed by atoms with E-state index in [1.807, 2.05) is 0 Å². The summed E-state index contributed by atoms with van der Waals surface area (Å²) in [6, 6.07) is 1.10. The van der Waals surface area contributed by atoms with Crippen molar-refractivity contribution in [3.05, 3.63) is 29.3 Å². The van der Waals surface area contributed by atoms with Crippen LogP contribution in [0.3, 0.4) is 0 Å². The van der Waals surface area contributed by atoms with Crippen molar-refractivity contribution in [1.82, 2.24) is 5.32 Å². The van der Waals surface area contributed by atoms with E-state index < -0.39 is 37.1 Å². The van der Waals surface area contributed by atoms with E-state index in [0.29, 0.717) is 25.2 Å². The minimum absolute atomic E-state index is 0.172. The van der Waals surface area contributed by atoms with Gasteiger partial charge in [-0.15, -0.1) is 0 Å². The van der Waals surface area contributed by atoms with Crippen LogP contribution in [0.2, 0.25) is 0 Å². The third-order valence-corrected chi connectivity index (χ3v) is 3.67. The molecule has 0 saturated heterocycles. The smallest absolute Gasteiger partial charge is 0.261 e. The van der Waals surface area contributed by atoms with Crippen LogP contribution in [0.25, 0.3) is 0 Å². The Bertz CT molecular complexity index is 607. The molecule has 1 amide bonds. The maximum absolute atomic E-state index is 13.5. The minimum atomic E-state index is -4.26. The number of nitrogens with one attached hydrogen (secondary N) is 1. The molecular weight excluding hydrogens is 316 g/mol. The summed E-state index contributed by atoms with van der Waals surface area (Å²) in [6.45, 7) is 0.554. The quantitative estimate of drug-likeness (QED) is 0.637. The van der Waals surface area contributed by atoms with E-state index >= 15 is 0 Å². The van der Waals surface area contributed by atoms with E-state index in [1.54, 1.807) is 0 Å². The lowest BCUT2D eigenvalue weighted by molar-refractivity contribution is 0.0943. The van der Waals surface area contributed by atoms with Crippen molar-refractivity contribution < 1.29 is 26.7 Å². The summed E-state index contributed by atoms with van der Waals surface area (Å²) in [7, 11) is 2.26. The first-order valence-electron chi connectivity index (χ1n) is 5.48. The van der Waals surface area contributed by atoms with E-state index in [2.05, 4.69) is 5.32 Å². The van der Waals surface area contributed by atoms with Gasteiger partial charge in [0.1, 0.15) is 0 Å². The van der Waals surface area contributed by atoms with Crippen LogP contribution in [-0.4, -0.2) is 34.6 Å². The number of amides is 1. The van der Waals surface area contributed by atoms with Crippen LogP contribution in [0.4, 0.5) is 8.78 Å². The van der Waals surface area contributed by atoms with Crippen LogP contribution in [0.15, 0.2) is 17.0 Å². The fourth-order valence-corrected chi connectivity index (χ4v) is 2.15. The van der Waals surface area contributed by atoms with Gasteiger partial charge in [-0.25, -0.2) is 17.2 Å². The number of methoxy groups -OCH3 is 1. The molecule has 0 unspecified atom stereocenters. The van der Waals surface area contributed by atoms with Crippen LogP contribution >= 0.6 is 10.7 Å². The summed E-state index contributed by atoms with van der Waals surface area (Å²) in [4.78, 5) is 11.0. The number of ether oxygens (including phenoxy) is 1. The standard InChI is InChI=1S/C11H12ClF2NO4S/c1-19-4-2-3-15-11(16)8-5-7(20(12,17)18)6-9(13)10(8)14/h5-6H,2-4H2,1H3,(H,15,16). The Morgan fingerprint density at radius 3 is 2.60 bits per heavy atom. The van der Waals surface area contributed by atoms with Gasteiger partial charge in [-0.2, -0.15) is 0 Å². The molecule has 0 radical (unpaired) electrons. The van der Waals surface area contributed by atoms with Crippen LogP contribution < -0.4 is 5.32 Å². The van der Waals surface area contributed by atoms with Gasteiger partial charge in [0.05, 0.1) is 10.5 Å². The third kappa shape index (κ3) is 4.39. The first-order valence-corrected chi connectivity index (χ1v) is 7.79. The molecule has 5 nitrogen and oxygen atoms in total. The molecule has 0 fully saturated rings. The van der Waals surface area contributed by atoms with Crippen molar-refractivity contribution >= 4 is 25.6 Å². The number of benzene rings is 1. The predicted molar refractivity (Wildman–Crippen MR) is 68.2 cm³/mol. The van der Waals surface area contributed by atoms with Crippen molar-refractivity contribution in [1.29, 1.82) is 0 Å². The lowest BCUT2D eigenvalue weighted by Gasteiger charge is -2.07. The second-order valence-electron chi connectivity index (χ2n) is 3.81. The lowest BCUT2D eigenvalue weighted by Crippen LogP contribution is -2.26. The minimum Gasteiger partial charge on any atom is -0.385 e. The average Bonchev–Trinajstić information content (AvgIpc) is 2.36. The molecule has 1 aromatic carbocycles. The molecule has 0 atom stereocenters. The van der Waals surface area contributed by atoms with Crippen molar-refractivity contribution in [2.45, 2.75) is 11.3 Å². The Hall–Kier alpha value is -1.25. The van der Waals surface area contributed by atoms with Gasteiger partial charge in [-0.05, 0) is 18.6 Å². The highest BCUT2D eigenvalue weighted by atomic mass is 35.7. The normalized spacial score (nSPS) is 11.4. The average molecular weight is 328 g/mol. The van der Waals surface area contributed by atoms with Gasteiger partial charge in [0.25, 0.3) is 15.0 Å². The van der Waals surface area contributed by atoms with Gasteiger partial charge >= 0.3 is 0 Å². The molecule has 0 spiro atoms. The summed E-state index contributed by atoms with van der Waals surface area (Å²) in [5.41, 5.74) is -0.721. The number of rotatable bonds is 6. The molecule has 0 aliphatic heterocycles. The van der Waals surface area contributed by atoms with Crippen LogP contribution in [-0.2, 0) is 13.8 Å². The Labute approximate surface area is 119 Å². The van der Waals surface area contributed by atoms with Gasteiger partial charge in [-0.1, -0.05) is 0 Å². The van der Waals surface area contributed by atoms with Gasteiger partial charge in [0, 0.05) is 30.9 Å². The zero-order valence-electron chi connectivity index (χ0n) is 10.5. The summed E-state index contributed by atoms with van der Waals surface area (Å²) in [5.74, 6) is -3.83. The van der Waals surface area contributed by atoms with E-state index in [4.69, 9.17) is 15.4 Å². The number of hydrogen-bond donors (Lipinski definition) is 1. The van der Waals surface area contributed by atoms with Crippen LogP contribution in [0.5, 0.6) is 0 Å². The van der Waals surface area contributed by atoms with Gasteiger partial charge in [0.15, 0.2) is 11.6 Å². The number of carbonyl (C=O) groups is 1. The number of hydrogen-bond acceptors (Lipinski definition) is 4. The highest BCUT2D eigenvalue weighted by Gasteiger charge is 2.21. The Morgan fingerprint density at radius 2 is 2.05 bits per heavy atom. The van der Waals surface area contributed by atoms with E-state index in [0.717, 1.165) is 0 Å². The molecule has 112 valence electrons. The van der Waals surface area contributed by atoms with Gasteiger partial charge < -0.3 is 10.1 Å². The van der Waals surface area contributed by atoms with Crippen molar-refractivity contribution in [2.24, 2.45) is 0 Å². The van der Waals surface area contributed by atoms with Gasteiger partial charge in [-0.3, -0.25) is 4.79 Å². The third-order valence-electron chi connectivity index (χ3n) is 2.34. The molecule has 0 saturated carbocycles. The molecule has 20 heavy (non-hydrogen) atoms. The van der Waals surface area contributed by atoms with Crippen molar-refractivity contribution in [2.75, 3.05) is 20.3 Å². The van der Waals surface area contributed by atoms with E-state index in [1.165, 1.54) is 7.11 Å². The maximum atomic E-state index is 13.5. The molecule has 1 N–H and O–H groups in total. The molecule has 0 aliphatic rings. The Balaban J connectivity index is 2.99. The zero-order valence-corrected chi connectivity index (χ0v) is 12.0. The summed E-state index contributed by atoms with van der Waals surface area (Å²) < 4.78 is 53.7. The number of carbonyl (C=O) groups excluding carboxylic acids is 1. The molecular formula is C11H12ClF2NO4S. The molecule has 0 aromatic heterocycles. The first-order chi connectivity index (χ1) is 9.27. The fraction of sp³-hybridized carbons (Fsp3) is 0.364. The van der Waals surface area contributed by atoms with Crippen LogP contribution in [0.1, 0.15) is 16.8 Å². The SMILES string of the molecule is COCCCNC(=O)c1cc(S(=O)(=O)Cl)cc(F)c1F. The lowest BCUT2D eigenvalue weighted by atomic mass is 10.2. The molecule has 0 bridgehead atoms.